The largest absolute Gasteiger partial charge is 0.495 e. The average Bonchev–Trinajstić information content (AvgIpc) is 3.22. The van der Waals surface area contributed by atoms with Crippen LogP contribution in [0.1, 0.15) is 54.5 Å². The lowest BCUT2D eigenvalue weighted by Crippen LogP contribution is -2.35. The van der Waals surface area contributed by atoms with Crippen LogP contribution in [0.5, 0.6) is 5.75 Å². The number of ether oxygens (including phenoxy) is 1. The van der Waals surface area contributed by atoms with Crippen LogP contribution in [0, 0.1) is 13.8 Å². The van der Waals surface area contributed by atoms with Gasteiger partial charge in [-0.2, -0.15) is 9.40 Å². The summed E-state index contributed by atoms with van der Waals surface area (Å²) in [6.45, 7) is 7.22. The van der Waals surface area contributed by atoms with Crippen molar-refractivity contribution in [1.29, 1.82) is 0 Å². The third-order valence-electron chi connectivity index (χ3n) is 6.03. The van der Waals surface area contributed by atoms with Crippen LogP contribution in [0.4, 0.5) is 0 Å². The number of carbonyl (C=O) groups is 1. The molecule has 10 heteroatoms. The molecule has 0 unspecified atom stereocenters. The minimum atomic E-state index is -3.78. The zero-order valence-electron chi connectivity index (χ0n) is 20.1. The second-order valence-corrected chi connectivity index (χ2v) is 10.5. The van der Waals surface area contributed by atoms with E-state index in [-0.39, 0.29) is 22.2 Å². The van der Waals surface area contributed by atoms with E-state index in [1.807, 2.05) is 26.8 Å². The molecule has 0 aliphatic carbocycles. The van der Waals surface area contributed by atoms with Gasteiger partial charge in [-0.15, -0.1) is 0 Å². The van der Waals surface area contributed by atoms with Crippen LogP contribution in [-0.4, -0.2) is 60.0 Å². The number of nitrogens with zero attached hydrogens (tertiary/aromatic N) is 4. The predicted molar refractivity (Wildman–Crippen MR) is 130 cm³/mol. The van der Waals surface area contributed by atoms with E-state index in [0.29, 0.717) is 36.4 Å². The first kappa shape index (κ1) is 24.2. The highest BCUT2D eigenvalue weighted by atomic mass is 32.2. The smallest absolute Gasteiger partial charge is 0.272 e. The number of fused-ring (bicyclic) bond motifs is 1. The normalized spacial score (nSPS) is 14.9. The average molecular weight is 486 g/mol. The fourth-order valence-corrected chi connectivity index (χ4v) is 6.04. The molecule has 3 heterocycles. The fraction of sp³-hybridized carbons (Fsp3) is 0.458. The van der Waals surface area contributed by atoms with E-state index in [1.165, 1.54) is 11.4 Å². The van der Waals surface area contributed by atoms with Gasteiger partial charge in [-0.05, 0) is 56.9 Å². The van der Waals surface area contributed by atoms with E-state index >= 15 is 0 Å². The summed E-state index contributed by atoms with van der Waals surface area (Å²) in [4.78, 5) is 17.8. The van der Waals surface area contributed by atoms with Crippen molar-refractivity contribution >= 4 is 21.6 Å². The quantitative estimate of drug-likeness (QED) is 0.550. The summed E-state index contributed by atoms with van der Waals surface area (Å²) in [6, 6.07) is 6.85. The van der Waals surface area contributed by atoms with Crippen molar-refractivity contribution in [1.82, 2.24) is 24.2 Å². The molecule has 9 nitrogen and oxygen atoms in total. The Balaban J connectivity index is 1.93. The molecule has 1 amide bonds. The molecule has 34 heavy (non-hydrogen) atoms. The van der Waals surface area contributed by atoms with Crippen molar-refractivity contribution in [3.63, 3.8) is 0 Å². The van der Waals surface area contributed by atoms with Gasteiger partial charge in [0.25, 0.3) is 5.91 Å². The van der Waals surface area contributed by atoms with Gasteiger partial charge < -0.3 is 10.1 Å². The van der Waals surface area contributed by atoms with Crippen molar-refractivity contribution in [3.05, 3.63) is 41.3 Å². The van der Waals surface area contributed by atoms with Crippen molar-refractivity contribution in [2.24, 2.45) is 0 Å². The first-order chi connectivity index (χ1) is 16.3. The number of sulfonamides is 1. The second kappa shape index (κ2) is 9.71. The Morgan fingerprint density at radius 1 is 1.15 bits per heavy atom. The lowest BCUT2D eigenvalue weighted by molar-refractivity contribution is 0.0949. The molecule has 3 aromatic rings. The first-order valence-corrected chi connectivity index (χ1v) is 13.1. The summed E-state index contributed by atoms with van der Waals surface area (Å²) >= 11 is 0. The molecule has 0 radical (unpaired) electrons. The van der Waals surface area contributed by atoms with E-state index in [9.17, 15) is 13.2 Å². The summed E-state index contributed by atoms with van der Waals surface area (Å²) in [6.07, 6.45) is 3.47. The van der Waals surface area contributed by atoms with Gasteiger partial charge in [0.1, 0.15) is 10.6 Å². The molecule has 1 aliphatic rings. The molecule has 182 valence electrons. The lowest BCUT2D eigenvalue weighted by atomic mass is 10.0. The third-order valence-corrected chi connectivity index (χ3v) is 7.95. The molecule has 0 saturated carbocycles. The van der Waals surface area contributed by atoms with E-state index in [4.69, 9.17) is 4.74 Å². The molecular formula is C24H31N5O4S. The molecule has 0 bridgehead atoms. The number of amides is 1. The number of aromatic nitrogens is 3. The molecule has 1 aliphatic heterocycles. The van der Waals surface area contributed by atoms with Gasteiger partial charge in [-0.1, -0.05) is 19.4 Å². The minimum absolute atomic E-state index is 0.0815. The number of piperidine rings is 1. The van der Waals surface area contributed by atoms with Crippen LogP contribution in [0.3, 0.4) is 0 Å². The lowest BCUT2D eigenvalue weighted by Gasteiger charge is -2.26. The summed E-state index contributed by atoms with van der Waals surface area (Å²) in [7, 11) is -2.32. The number of nitrogens with one attached hydrogen (secondary N) is 1. The Morgan fingerprint density at radius 2 is 1.88 bits per heavy atom. The monoisotopic (exact) mass is 485 g/mol. The van der Waals surface area contributed by atoms with E-state index < -0.39 is 10.0 Å². The Labute approximate surface area is 200 Å². The van der Waals surface area contributed by atoms with Gasteiger partial charge in [0.15, 0.2) is 11.3 Å². The maximum Gasteiger partial charge on any atom is 0.272 e. The van der Waals surface area contributed by atoms with Crippen molar-refractivity contribution in [3.8, 4) is 16.9 Å². The Kier molecular flexibility index (Phi) is 6.90. The van der Waals surface area contributed by atoms with Gasteiger partial charge in [0.2, 0.25) is 10.0 Å². The summed E-state index contributed by atoms with van der Waals surface area (Å²) < 4.78 is 35.7. The highest BCUT2D eigenvalue weighted by Gasteiger charge is 2.31. The Morgan fingerprint density at radius 3 is 2.56 bits per heavy atom. The van der Waals surface area contributed by atoms with Gasteiger partial charge in [0.05, 0.1) is 12.7 Å². The van der Waals surface area contributed by atoms with Crippen LogP contribution < -0.4 is 10.1 Å². The topological polar surface area (TPSA) is 106 Å². The SMILES string of the molecule is CCCNC(=O)c1nn2c(C)cc(C)nc2c1-c1ccc(OC)c(S(=O)(=O)N2CCCCC2)c1. The van der Waals surface area contributed by atoms with Crippen molar-refractivity contribution in [2.45, 2.75) is 51.3 Å². The maximum absolute atomic E-state index is 13.6. The molecule has 1 aromatic carbocycles. The number of hydrogen-bond donors (Lipinski definition) is 1. The van der Waals surface area contributed by atoms with E-state index in [1.54, 1.807) is 22.7 Å². The molecule has 1 saturated heterocycles. The Bertz CT molecular complexity index is 1330. The number of rotatable bonds is 7. The standard InChI is InChI=1S/C24H31N5O4S/c1-5-11-25-24(30)22-21(23-26-16(2)14-17(3)29(23)27-22)18-9-10-19(33-4)20(15-18)34(31,32)28-12-7-6-8-13-28/h9-10,14-15H,5-8,11-13H2,1-4H3,(H,25,30). The first-order valence-electron chi connectivity index (χ1n) is 11.6. The molecule has 4 rings (SSSR count). The summed E-state index contributed by atoms with van der Waals surface area (Å²) in [5.74, 6) is -0.0567. The van der Waals surface area contributed by atoms with E-state index in [0.717, 1.165) is 37.1 Å². The minimum Gasteiger partial charge on any atom is -0.495 e. The zero-order chi connectivity index (χ0) is 24.5. The van der Waals surface area contributed by atoms with Crippen LogP contribution in [0.25, 0.3) is 16.8 Å². The molecule has 2 aromatic heterocycles. The molecule has 0 spiro atoms. The van der Waals surface area contributed by atoms with Gasteiger partial charge in [-0.3, -0.25) is 4.79 Å². The summed E-state index contributed by atoms with van der Waals surface area (Å²) in [5.41, 5.74) is 3.37. The number of aryl methyl sites for hydroxylation is 2. The van der Waals surface area contributed by atoms with Crippen LogP contribution in [0.2, 0.25) is 0 Å². The Hall–Kier alpha value is -2.98. The molecule has 0 atom stereocenters. The van der Waals surface area contributed by atoms with Crippen LogP contribution in [-0.2, 0) is 10.0 Å². The van der Waals surface area contributed by atoms with Crippen molar-refractivity contribution < 1.29 is 17.9 Å². The molecule has 1 fully saturated rings. The molecular weight excluding hydrogens is 454 g/mol. The molecule has 1 N–H and O–H groups in total. The van der Waals surface area contributed by atoms with Crippen LogP contribution >= 0.6 is 0 Å². The third kappa shape index (κ3) is 4.39. The van der Waals surface area contributed by atoms with E-state index in [2.05, 4.69) is 15.4 Å². The number of benzene rings is 1. The van der Waals surface area contributed by atoms with Crippen LogP contribution in [0.15, 0.2) is 29.2 Å². The zero-order valence-corrected chi connectivity index (χ0v) is 20.9. The van der Waals surface area contributed by atoms with Crippen molar-refractivity contribution in [2.75, 3.05) is 26.7 Å². The summed E-state index contributed by atoms with van der Waals surface area (Å²) in [5, 5.41) is 7.44. The number of carbonyl (C=O) groups excluding carboxylic acids is 1. The highest BCUT2D eigenvalue weighted by molar-refractivity contribution is 7.89. The van der Waals surface area contributed by atoms with Gasteiger partial charge in [-0.25, -0.2) is 17.9 Å². The van der Waals surface area contributed by atoms with Gasteiger partial charge in [0, 0.05) is 31.0 Å². The fourth-order valence-electron chi connectivity index (χ4n) is 4.35. The van der Waals surface area contributed by atoms with Gasteiger partial charge >= 0.3 is 0 Å². The second-order valence-electron chi connectivity index (χ2n) is 8.58. The highest BCUT2D eigenvalue weighted by Crippen LogP contribution is 2.36. The number of methoxy groups -OCH3 is 1. The maximum atomic E-state index is 13.6. The number of hydrogen-bond acceptors (Lipinski definition) is 6. The predicted octanol–water partition coefficient (Wildman–Crippen LogP) is 3.34.